The van der Waals surface area contributed by atoms with Gasteiger partial charge in [0.05, 0.1) is 11.3 Å². The zero-order chi connectivity index (χ0) is 24.1. The maximum atomic E-state index is 12.6. The van der Waals surface area contributed by atoms with Gasteiger partial charge in [-0.15, -0.1) is 0 Å². The van der Waals surface area contributed by atoms with Crippen LogP contribution in [-0.4, -0.2) is 44.7 Å². The predicted octanol–water partition coefficient (Wildman–Crippen LogP) is 3.22. The second kappa shape index (κ2) is 8.33. The summed E-state index contributed by atoms with van der Waals surface area (Å²) in [5.41, 5.74) is 5.59. The van der Waals surface area contributed by atoms with Crippen molar-refractivity contribution < 1.29 is 14.3 Å². The number of allylic oxidation sites excluding steroid dienone is 1. The van der Waals surface area contributed by atoms with Crippen LogP contribution in [0.2, 0.25) is 0 Å². The van der Waals surface area contributed by atoms with Gasteiger partial charge >= 0.3 is 0 Å². The van der Waals surface area contributed by atoms with E-state index in [2.05, 4.69) is 25.7 Å². The molecule has 9 nitrogen and oxygen atoms in total. The summed E-state index contributed by atoms with van der Waals surface area (Å²) in [7, 11) is 3.47. The fraction of sp³-hybridized carbons (Fsp3) is 0.346. The summed E-state index contributed by atoms with van der Waals surface area (Å²) < 4.78 is 7.91. The zero-order valence-corrected chi connectivity index (χ0v) is 19.7. The molecule has 0 spiro atoms. The van der Waals surface area contributed by atoms with E-state index in [1.165, 1.54) is 6.20 Å². The molecule has 0 aromatic carbocycles. The van der Waals surface area contributed by atoms with E-state index in [9.17, 15) is 9.59 Å². The van der Waals surface area contributed by atoms with E-state index in [1.54, 1.807) is 17.9 Å². The van der Waals surface area contributed by atoms with Gasteiger partial charge in [0.15, 0.2) is 0 Å². The second-order valence-corrected chi connectivity index (χ2v) is 9.37. The van der Waals surface area contributed by atoms with Crippen molar-refractivity contribution in [3.8, 4) is 17.1 Å². The van der Waals surface area contributed by atoms with Crippen molar-refractivity contribution >= 4 is 29.3 Å². The molecule has 0 unspecified atom stereocenters. The molecule has 3 aliphatic carbocycles. The van der Waals surface area contributed by atoms with Gasteiger partial charge in [0.25, 0.3) is 5.91 Å². The Morgan fingerprint density at radius 1 is 1.14 bits per heavy atom. The topological polar surface area (TPSA) is 111 Å². The molecule has 0 aliphatic heterocycles. The second-order valence-electron chi connectivity index (χ2n) is 9.37. The molecule has 0 atom stereocenters. The minimum Gasteiger partial charge on any atom is -0.474 e. The van der Waals surface area contributed by atoms with Crippen LogP contribution >= 0.6 is 0 Å². The molecular weight excluding hydrogens is 444 g/mol. The molecule has 2 saturated carbocycles. The van der Waals surface area contributed by atoms with Gasteiger partial charge in [-0.05, 0) is 55.0 Å². The highest BCUT2D eigenvalue weighted by atomic mass is 16.5. The number of hydrogen-bond donors (Lipinski definition) is 2. The Labute approximate surface area is 202 Å². The third-order valence-corrected chi connectivity index (χ3v) is 6.58. The summed E-state index contributed by atoms with van der Waals surface area (Å²) in [5, 5.41) is 10.2. The molecule has 0 radical (unpaired) electrons. The number of ether oxygens (including phenoxy) is 1. The molecule has 9 heteroatoms. The van der Waals surface area contributed by atoms with Crippen LogP contribution in [0.1, 0.15) is 52.7 Å². The molecule has 0 saturated heterocycles. The largest absolute Gasteiger partial charge is 0.474 e. The van der Waals surface area contributed by atoms with Crippen LogP contribution in [0.3, 0.4) is 0 Å². The number of hydrogen-bond acceptors (Lipinski definition) is 6. The lowest BCUT2D eigenvalue weighted by molar-refractivity contribution is -0.117. The van der Waals surface area contributed by atoms with Crippen LogP contribution in [0.4, 0.5) is 5.82 Å². The smallest absolute Gasteiger partial charge is 0.253 e. The van der Waals surface area contributed by atoms with Gasteiger partial charge in [0.2, 0.25) is 11.8 Å². The lowest BCUT2D eigenvalue weighted by atomic mass is 10.0. The molecule has 35 heavy (non-hydrogen) atoms. The highest BCUT2D eigenvalue weighted by molar-refractivity contribution is 6.05. The van der Waals surface area contributed by atoms with E-state index >= 15 is 0 Å². The summed E-state index contributed by atoms with van der Waals surface area (Å²) in [5.74, 6) is 0.898. The van der Waals surface area contributed by atoms with Crippen LogP contribution in [-0.2, 0) is 18.3 Å². The fourth-order valence-corrected chi connectivity index (χ4v) is 4.32. The third kappa shape index (κ3) is 4.18. The van der Waals surface area contributed by atoms with Gasteiger partial charge in [0, 0.05) is 61.7 Å². The van der Waals surface area contributed by atoms with Crippen molar-refractivity contribution in [3.63, 3.8) is 0 Å². The number of amides is 2. The number of aryl methyl sites for hydroxylation is 1. The summed E-state index contributed by atoms with van der Waals surface area (Å²) in [6.45, 7) is 0. The van der Waals surface area contributed by atoms with Crippen LogP contribution in [0.15, 0.2) is 30.7 Å². The average molecular weight is 471 g/mol. The van der Waals surface area contributed by atoms with E-state index in [1.807, 2.05) is 31.5 Å². The van der Waals surface area contributed by atoms with Crippen LogP contribution in [0.25, 0.3) is 22.9 Å². The monoisotopic (exact) mass is 470 g/mol. The summed E-state index contributed by atoms with van der Waals surface area (Å²) in [4.78, 5) is 34.2. The first kappa shape index (κ1) is 21.5. The molecular formula is C26H26N6O3. The van der Waals surface area contributed by atoms with Gasteiger partial charge in [-0.2, -0.15) is 5.10 Å². The maximum Gasteiger partial charge on any atom is 0.253 e. The number of aromatic nitrogens is 4. The molecule has 3 aromatic heterocycles. The predicted molar refractivity (Wildman–Crippen MR) is 131 cm³/mol. The molecule has 3 aromatic rings. The molecule has 6 rings (SSSR count). The molecule has 3 heterocycles. The Hall–Kier alpha value is -4.01. The van der Waals surface area contributed by atoms with Gasteiger partial charge in [0.1, 0.15) is 11.9 Å². The van der Waals surface area contributed by atoms with Crippen LogP contribution in [0.5, 0.6) is 5.88 Å². The highest BCUT2D eigenvalue weighted by Crippen LogP contribution is 2.42. The Kier molecular flexibility index (Phi) is 5.12. The number of nitrogens with one attached hydrogen (secondary N) is 2. The van der Waals surface area contributed by atoms with E-state index in [0.717, 1.165) is 59.2 Å². The SMILES string of the molecule is CNC(=O)c1cnc(NC(=O)C2CC2)c2c1C=C(c1cc(-c3ccn(C)n3)cnc1OC1CC1)C2. The standard InChI is InChI=1S/C26H26N6O3/c1-27-25(34)21-13-28-23(30-24(33)14-3-4-14)20-10-15(9-19(20)21)18-11-16(22-7-8-32(2)31-22)12-29-26(18)35-17-5-6-17/h7-9,11-14,17H,3-6,10H2,1-2H3,(H,27,34)(H,28,30,33). The lowest BCUT2D eigenvalue weighted by Gasteiger charge is -2.13. The molecule has 178 valence electrons. The molecule has 2 amide bonds. The van der Waals surface area contributed by atoms with Gasteiger partial charge < -0.3 is 15.4 Å². The maximum absolute atomic E-state index is 12.6. The minimum absolute atomic E-state index is 0.0163. The Morgan fingerprint density at radius 3 is 2.66 bits per heavy atom. The highest BCUT2D eigenvalue weighted by Gasteiger charge is 2.33. The Morgan fingerprint density at radius 2 is 1.97 bits per heavy atom. The number of fused-ring (bicyclic) bond motifs is 1. The minimum atomic E-state index is -0.221. The number of carbonyl (C=O) groups is 2. The number of rotatable bonds is 7. The van der Waals surface area contributed by atoms with Gasteiger partial charge in [-0.1, -0.05) is 0 Å². The Balaban J connectivity index is 1.42. The molecule has 0 bridgehead atoms. The van der Waals surface area contributed by atoms with Crippen molar-refractivity contribution in [3.05, 3.63) is 53.0 Å². The quantitative estimate of drug-likeness (QED) is 0.549. The van der Waals surface area contributed by atoms with Crippen molar-refractivity contribution in [1.29, 1.82) is 0 Å². The Bertz CT molecular complexity index is 1380. The number of pyridine rings is 2. The van der Waals surface area contributed by atoms with Crippen molar-refractivity contribution in [2.24, 2.45) is 13.0 Å². The number of nitrogens with zero attached hydrogens (tertiary/aromatic N) is 4. The molecule has 2 fully saturated rings. The van der Waals surface area contributed by atoms with E-state index in [4.69, 9.17) is 4.74 Å². The van der Waals surface area contributed by atoms with E-state index in [0.29, 0.717) is 23.7 Å². The molecule has 2 N–H and O–H groups in total. The van der Waals surface area contributed by atoms with Crippen LogP contribution < -0.4 is 15.4 Å². The first-order valence-corrected chi connectivity index (χ1v) is 11.9. The van der Waals surface area contributed by atoms with Crippen molar-refractivity contribution in [2.45, 2.75) is 38.2 Å². The van der Waals surface area contributed by atoms with Crippen molar-refractivity contribution in [2.75, 3.05) is 12.4 Å². The lowest BCUT2D eigenvalue weighted by Crippen LogP contribution is -2.21. The average Bonchev–Trinajstić information content (AvgIpc) is 3.78. The van der Waals surface area contributed by atoms with Gasteiger partial charge in [-0.25, -0.2) is 9.97 Å². The first-order valence-electron chi connectivity index (χ1n) is 11.9. The summed E-state index contributed by atoms with van der Waals surface area (Å²) in [6.07, 6.45) is 11.7. The number of carbonyl (C=O) groups excluding carboxylic acids is 2. The van der Waals surface area contributed by atoms with E-state index < -0.39 is 0 Å². The van der Waals surface area contributed by atoms with Gasteiger partial charge in [-0.3, -0.25) is 14.3 Å². The summed E-state index contributed by atoms with van der Waals surface area (Å²) >= 11 is 0. The van der Waals surface area contributed by atoms with Crippen LogP contribution in [0, 0.1) is 5.92 Å². The number of anilines is 1. The molecule has 3 aliphatic rings. The third-order valence-electron chi connectivity index (χ3n) is 6.58. The first-order chi connectivity index (χ1) is 17.0. The summed E-state index contributed by atoms with van der Waals surface area (Å²) in [6, 6.07) is 3.99. The zero-order valence-electron chi connectivity index (χ0n) is 19.7. The fourth-order valence-electron chi connectivity index (χ4n) is 4.32. The normalized spacial score (nSPS) is 16.5. The van der Waals surface area contributed by atoms with Crippen molar-refractivity contribution in [1.82, 2.24) is 25.1 Å². The van der Waals surface area contributed by atoms with E-state index in [-0.39, 0.29) is 23.8 Å².